The number of carbonyl (C=O) groups excluding carboxylic acids is 2. The molecule has 0 aliphatic carbocycles. The summed E-state index contributed by atoms with van der Waals surface area (Å²) < 4.78 is 5.28. The average Bonchev–Trinajstić information content (AvgIpc) is 3.03. The highest BCUT2D eigenvalue weighted by Crippen LogP contribution is 2.41. The maximum atomic E-state index is 12.6. The number of pyridine rings is 1. The molecule has 2 saturated heterocycles. The van der Waals surface area contributed by atoms with E-state index in [1.54, 1.807) is 31.6 Å². The predicted octanol–water partition coefficient (Wildman–Crippen LogP) is 2.75. The summed E-state index contributed by atoms with van der Waals surface area (Å²) >= 11 is 0. The molecule has 2 aromatic rings. The van der Waals surface area contributed by atoms with Crippen molar-refractivity contribution in [1.82, 2.24) is 14.8 Å². The molecule has 0 radical (unpaired) electrons. The lowest BCUT2D eigenvalue weighted by atomic mass is 9.77. The van der Waals surface area contributed by atoms with Gasteiger partial charge in [0.1, 0.15) is 5.75 Å². The van der Waals surface area contributed by atoms with E-state index in [9.17, 15) is 9.59 Å². The molecule has 4 rings (SSSR count). The van der Waals surface area contributed by atoms with Crippen LogP contribution in [-0.2, 0) is 11.3 Å². The van der Waals surface area contributed by atoms with Crippen LogP contribution < -0.4 is 4.74 Å². The minimum atomic E-state index is -0.0122. The van der Waals surface area contributed by atoms with Gasteiger partial charge < -0.3 is 14.5 Å². The Balaban J connectivity index is 1.38. The van der Waals surface area contributed by atoms with Gasteiger partial charge in [-0.25, -0.2) is 0 Å². The second-order valence-electron chi connectivity index (χ2n) is 7.81. The number of hydrogen-bond donors (Lipinski definition) is 0. The van der Waals surface area contributed by atoms with Crippen molar-refractivity contribution in [3.05, 3.63) is 59.9 Å². The van der Waals surface area contributed by atoms with Crippen LogP contribution in [0, 0.1) is 5.41 Å². The normalized spacial score (nSPS) is 18.5. The molecule has 6 nitrogen and oxygen atoms in total. The molecule has 28 heavy (non-hydrogen) atoms. The molecule has 2 fully saturated rings. The Kier molecular flexibility index (Phi) is 5.03. The van der Waals surface area contributed by atoms with Gasteiger partial charge in [-0.1, -0.05) is 12.1 Å². The quantitative estimate of drug-likeness (QED) is 0.820. The molecule has 1 aromatic heterocycles. The zero-order valence-corrected chi connectivity index (χ0v) is 16.1. The maximum Gasteiger partial charge on any atom is 0.255 e. The third-order valence-corrected chi connectivity index (χ3v) is 5.93. The Bertz CT molecular complexity index is 860. The Morgan fingerprint density at radius 1 is 1.21 bits per heavy atom. The van der Waals surface area contributed by atoms with E-state index in [0.29, 0.717) is 31.6 Å². The largest absolute Gasteiger partial charge is 0.497 e. The Labute approximate surface area is 165 Å². The monoisotopic (exact) mass is 379 g/mol. The molecule has 3 heterocycles. The molecule has 0 N–H and O–H groups in total. The van der Waals surface area contributed by atoms with Crippen LogP contribution in [0.25, 0.3) is 0 Å². The second kappa shape index (κ2) is 7.62. The summed E-state index contributed by atoms with van der Waals surface area (Å²) in [7, 11) is 1.65. The zero-order valence-electron chi connectivity index (χ0n) is 16.1. The van der Waals surface area contributed by atoms with Crippen molar-refractivity contribution in [3.63, 3.8) is 0 Å². The molecular formula is C22H25N3O3. The Morgan fingerprint density at radius 3 is 2.75 bits per heavy atom. The number of piperidine rings is 1. The molecule has 6 heteroatoms. The van der Waals surface area contributed by atoms with Gasteiger partial charge in [0.05, 0.1) is 12.7 Å². The Hall–Kier alpha value is -2.89. The van der Waals surface area contributed by atoms with Crippen LogP contribution in [-0.4, -0.2) is 53.3 Å². The summed E-state index contributed by atoms with van der Waals surface area (Å²) in [6.45, 7) is 2.75. The van der Waals surface area contributed by atoms with Gasteiger partial charge >= 0.3 is 0 Å². The highest BCUT2D eigenvalue weighted by molar-refractivity contribution is 5.94. The van der Waals surface area contributed by atoms with E-state index >= 15 is 0 Å². The third kappa shape index (κ3) is 3.72. The van der Waals surface area contributed by atoms with E-state index in [0.717, 1.165) is 30.7 Å². The van der Waals surface area contributed by atoms with Crippen LogP contribution in [0.15, 0.2) is 48.8 Å². The molecule has 0 unspecified atom stereocenters. The lowest BCUT2D eigenvalue weighted by Gasteiger charge is -2.38. The van der Waals surface area contributed by atoms with Crippen LogP contribution in [0.5, 0.6) is 5.75 Å². The molecule has 0 atom stereocenters. The second-order valence-corrected chi connectivity index (χ2v) is 7.81. The van der Waals surface area contributed by atoms with Crippen LogP contribution in [0.2, 0.25) is 0 Å². The van der Waals surface area contributed by atoms with E-state index in [1.165, 1.54) is 0 Å². The van der Waals surface area contributed by atoms with Crippen LogP contribution in [0.4, 0.5) is 0 Å². The van der Waals surface area contributed by atoms with Gasteiger partial charge in [0, 0.05) is 50.4 Å². The topological polar surface area (TPSA) is 62.7 Å². The van der Waals surface area contributed by atoms with E-state index in [-0.39, 0.29) is 17.2 Å². The number of rotatable bonds is 4. The zero-order chi connectivity index (χ0) is 19.6. The number of benzene rings is 1. The number of aromatic nitrogens is 1. The summed E-state index contributed by atoms with van der Waals surface area (Å²) in [5.74, 6) is 1.04. The number of hydrogen-bond acceptors (Lipinski definition) is 4. The number of carbonyl (C=O) groups is 2. The number of amides is 2. The molecule has 1 aromatic carbocycles. The maximum absolute atomic E-state index is 12.6. The van der Waals surface area contributed by atoms with Gasteiger partial charge in [0.15, 0.2) is 0 Å². The summed E-state index contributed by atoms with van der Waals surface area (Å²) in [5, 5.41) is 0. The smallest absolute Gasteiger partial charge is 0.255 e. The summed E-state index contributed by atoms with van der Waals surface area (Å²) in [4.78, 5) is 33.2. The standard InChI is InChI=1S/C22H25N3O3/c1-28-19-6-2-4-17(12-19)15-25-16-22(13-20(25)26)7-10-24(11-8-22)21(27)18-5-3-9-23-14-18/h2-6,9,12,14H,7-8,10-11,13,15-16H2,1H3. The van der Waals surface area contributed by atoms with Crippen LogP contribution in [0.3, 0.4) is 0 Å². The van der Waals surface area contributed by atoms with Crippen molar-refractivity contribution in [2.75, 3.05) is 26.7 Å². The first kappa shape index (κ1) is 18.5. The first-order valence-electron chi connectivity index (χ1n) is 9.69. The SMILES string of the molecule is COc1cccc(CN2CC3(CCN(C(=O)c4cccnc4)CC3)CC2=O)c1. The fourth-order valence-electron chi connectivity index (χ4n) is 4.31. The average molecular weight is 379 g/mol. The molecule has 146 valence electrons. The molecule has 2 amide bonds. The number of ether oxygens (including phenoxy) is 1. The fourth-order valence-corrected chi connectivity index (χ4v) is 4.31. The highest BCUT2D eigenvalue weighted by atomic mass is 16.5. The third-order valence-electron chi connectivity index (χ3n) is 5.93. The van der Waals surface area contributed by atoms with Crippen LogP contribution in [0.1, 0.15) is 35.2 Å². The van der Waals surface area contributed by atoms with E-state index in [4.69, 9.17) is 4.74 Å². The van der Waals surface area contributed by atoms with Crippen molar-refractivity contribution in [3.8, 4) is 5.75 Å². The minimum absolute atomic E-state index is 0.0122. The number of nitrogens with zero attached hydrogens (tertiary/aromatic N) is 3. The number of likely N-dealkylation sites (tertiary alicyclic amines) is 2. The minimum Gasteiger partial charge on any atom is -0.497 e. The van der Waals surface area contributed by atoms with Crippen molar-refractivity contribution < 1.29 is 14.3 Å². The van der Waals surface area contributed by atoms with Gasteiger partial charge in [-0.05, 0) is 42.7 Å². The molecular weight excluding hydrogens is 354 g/mol. The first-order chi connectivity index (χ1) is 13.6. The number of methoxy groups -OCH3 is 1. The lowest BCUT2D eigenvalue weighted by molar-refractivity contribution is -0.128. The van der Waals surface area contributed by atoms with Gasteiger partial charge in [0.2, 0.25) is 5.91 Å². The summed E-state index contributed by atoms with van der Waals surface area (Å²) in [6, 6.07) is 11.4. The summed E-state index contributed by atoms with van der Waals surface area (Å²) in [6.07, 6.45) is 5.58. The van der Waals surface area contributed by atoms with E-state index < -0.39 is 0 Å². The van der Waals surface area contributed by atoms with Gasteiger partial charge in [-0.3, -0.25) is 14.6 Å². The lowest BCUT2D eigenvalue weighted by Crippen LogP contribution is -2.44. The molecule has 1 spiro atoms. The van der Waals surface area contributed by atoms with Crippen molar-refractivity contribution >= 4 is 11.8 Å². The van der Waals surface area contributed by atoms with Crippen molar-refractivity contribution in [1.29, 1.82) is 0 Å². The molecule has 0 saturated carbocycles. The first-order valence-corrected chi connectivity index (χ1v) is 9.69. The summed E-state index contributed by atoms with van der Waals surface area (Å²) in [5.41, 5.74) is 1.69. The van der Waals surface area contributed by atoms with Gasteiger partial charge in [-0.2, -0.15) is 0 Å². The van der Waals surface area contributed by atoms with Gasteiger partial charge in [0.25, 0.3) is 5.91 Å². The van der Waals surface area contributed by atoms with E-state index in [2.05, 4.69) is 4.98 Å². The van der Waals surface area contributed by atoms with Gasteiger partial charge in [-0.15, -0.1) is 0 Å². The predicted molar refractivity (Wildman–Crippen MR) is 105 cm³/mol. The molecule has 2 aliphatic heterocycles. The fraction of sp³-hybridized carbons (Fsp3) is 0.409. The Morgan fingerprint density at radius 2 is 2.04 bits per heavy atom. The molecule has 0 bridgehead atoms. The van der Waals surface area contributed by atoms with E-state index in [1.807, 2.05) is 34.1 Å². The highest BCUT2D eigenvalue weighted by Gasteiger charge is 2.45. The van der Waals surface area contributed by atoms with Crippen molar-refractivity contribution in [2.45, 2.75) is 25.8 Å². The molecule has 2 aliphatic rings. The van der Waals surface area contributed by atoms with Crippen LogP contribution >= 0.6 is 0 Å². The van der Waals surface area contributed by atoms with Crippen molar-refractivity contribution in [2.24, 2.45) is 5.41 Å².